The zero-order valence-electron chi connectivity index (χ0n) is 11.3. The predicted octanol–water partition coefficient (Wildman–Crippen LogP) is 0.330. The highest BCUT2D eigenvalue weighted by atomic mass is 16.2. The molecule has 0 aliphatic rings. The fourth-order valence-corrected chi connectivity index (χ4v) is 1.70. The van der Waals surface area contributed by atoms with Crippen LogP contribution in [-0.2, 0) is 9.59 Å². The van der Waals surface area contributed by atoms with Crippen LogP contribution in [0.25, 0.3) is 0 Å². The molecular formula is C12H25N3O2. The second-order valence-corrected chi connectivity index (χ2v) is 5.31. The molecule has 0 heterocycles. The maximum absolute atomic E-state index is 12.0. The van der Waals surface area contributed by atoms with Gasteiger partial charge >= 0.3 is 0 Å². The normalized spacial score (nSPS) is 12.9. The molecule has 17 heavy (non-hydrogen) atoms. The number of rotatable bonds is 7. The van der Waals surface area contributed by atoms with Crippen LogP contribution >= 0.6 is 0 Å². The Morgan fingerprint density at radius 1 is 1.12 bits per heavy atom. The molecule has 0 spiro atoms. The highest BCUT2D eigenvalue weighted by Gasteiger charge is 2.23. The SMILES string of the molecule is CC(C)CC(N)C(=O)N(CC(N)=O)CC(C)C. The Morgan fingerprint density at radius 2 is 1.65 bits per heavy atom. The number of amides is 2. The van der Waals surface area contributed by atoms with Crippen LogP contribution in [0.2, 0.25) is 0 Å². The smallest absolute Gasteiger partial charge is 0.239 e. The summed E-state index contributed by atoms with van der Waals surface area (Å²) in [5, 5.41) is 0. The van der Waals surface area contributed by atoms with E-state index in [1.807, 2.05) is 27.7 Å². The van der Waals surface area contributed by atoms with Gasteiger partial charge < -0.3 is 16.4 Å². The van der Waals surface area contributed by atoms with Gasteiger partial charge in [-0.25, -0.2) is 0 Å². The lowest BCUT2D eigenvalue weighted by Gasteiger charge is -2.26. The number of carbonyl (C=O) groups is 2. The summed E-state index contributed by atoms with van der Waals surface area (Å²) in [6.45, 7) is 8.43. The Morgan fingerprint density at radius 3 is 2.00 bits per heavy atom. The van der Waals surface area contributed by atoms with Gasteiger partial charge in [-0.05, 0) is 18.3 Å². The summed E-state index contributed by atoms with van der Waals surface area (Å²) < 4.78 is 0. The Kier molecular flexibility index (Phi) is 6.80. The topological polar surface area (TPSA) is 89.4 Å². The molecule has 0 rings (SSSR count). The molecule has 0 aromatic rings. The monoisotopic (exact) mass is 243 g/mol. The highest BCUT2D eigenvalue weighted by molar-refractivity contribution is 5.86. The molecule has 5 heteroatoms. The van der Waals surface area contributed by atoms with Gasteiger partial charge in [-0.1, -0.05) is 27.7 Å². The molecule has 2 amide bonds. The van der Waals surface area contributed by atoms with Crippen LogP contribution in [0.5, 0.6) is 0 Å². The van der Waals surface area contributed by atoms with E-state index < -0.39 is 11.9 Å². The number of hydrogen-bond donors (Lipinski definition) is 2. The predicted molar refractivity (Wildman–Crippen MR) is 68.0 cm³/mol. The van der Waals surface area contributed by atoms with Crippen LogP contribution in [0.15, 0.2) is 0 Å². The van der Waals surface area contributed by atoms with Gasteiger partial charge in [0, 0.05) is 6.54 Å². The van der Waals surface area contributed by atoms with Crippen LogP contribution in [-0.4, -0.2) is 35.8 Å². The van der Waals surface area contributed by atoms with Gasteiger partial charge in [-0.15, -0.1) is 0 Å². The first-order chi connectivity index (χ1) is 7.73. The summed E-state index contributed by atoms with van der Waals surface area (Å²) in [5.41, 5.74) is 11.0. The number of nitrogens with zero attached hydrogens (tertiary/aromatic N) is 1. The maximum Gasteiger partial charge on any atom is 0.239 e. The van der Waals surface area contributed by atoms with E-state index in [9.17, 15) is 9.59 Å². The van der Waals surface area contributed by atoms with Crippen molar-refractivity contribution in [1.29, 1.82) is 0 Å². The van der Waals surface area contributed by atoms with Crippen molar-refractivity contribution in [2.24, 2.45) is 23.3 Å². The van der Waals surface area contributed by atoms with E-state index in [-0.39, 0.29) is 18.4 Å². The second kappa shape index (κ2) is 7.27. The van der Waals surface area contributed by atoms with Crippen LogP contribution in [0.1, 0.15) is 34.1 Å². The molecule has 100 valence electrons. The molecule has 0 aliphatic heterocycles. The Hall–Kier alpha value is -1.10. The number of hydrogen-bond acceptors (Lipinski definition) is 3. The minimum atomic E-state index is -0.548. The number of nitrogens with two attached hydrogens (primary N) is 2. The fraction of sp³-hybridized carbons (Fsp3) is 0.833. The molecule has 0 bridgehead atoms. The van der Waals surface area contributed by atoms with Gasteiger partial charge in [0.25, 0.3) is 0 Å². The van der Waals surface area contributed by atoms with E-state index in [0.717, 1.165) is 0 Å². The molecule has 0 saturated heterocycles. The average molecular weight is 243 g/mol. The van der Waals surface area contributed by atoms with Crippen molar-refractivity contribution in [3.05, 3.63) is 0 Å². The lowest BCUT2D eigenvalue weighted by atomic mass is 10.0. The quantitative estimate of drug-likeness (QED) is 0.675. The van der Waals surface area contributed by atoms with Gasteiger partial charge in [-0.3, -0.25) is 9.59 Å². The van der Waals surface area contributed by atoms with Crippen LogP contribution in [0, 0.1) is 11.8 Å². The zero-order valence-corrected chi connectivity index (χ0v) is 11.3. The van der Waals surface area contributed by atoms with E-state index >= 15 is 0 Å². The largest absolute Gasteiger partial charge is 0.368 e. The summed E-state index contributed by atoms with van der Waals surface area (Å²) in [5.74, 6) is -0.0603. The molecule has 0 radical (unpaired) electrons. The first kappa shape index (κ1) is 15.9. The molecule has 0 aliphatic carbocycles. The zero-order chi connectivity index (χ0) is 13.6. The minimum Gasteiger partial charge on any atom is -0.368 e. The van der Waals surface area contributed by atoms with Crippen molar-refractivity contribution in [1.82, 2.24) is 4.90 Å². The Bertz CT molecular complexity index is 264. The molecule has 0 saturated carbocycles. The second-order valence-electron chi connectivity index (χ2n) is 5.31. The molecule has 4 N–H and O–H groups in total. The molecule has 1 atom stereocenters. The van der Waals surface area contributed by atoms with E-state index in [2.05, 4.69) is 0 Å². The first-order valence-electron chi connectivity index (χ1n) is 6.06. The average Bonchev–Trinajstić information content (AvgIpc) is 2.12. The van der Waals surface area contributed by atoms with Gasteiger partial charge in [0.05, 0.1) is 12.6 Å². The van der Waals surface area contributed by atoms with Gasteiger partial charge in [0.1, 0.15) is 0 Å². The minimum absolute atomic E-state index is 0.0528. The van der Waals surface area contributed by atoms with Gasteiger partial charge in [-0.2, -0.15) is 0 Å². The van der Waals surface area contributed by atoms with E-state index in [0.29, 0.717) is 18.9 Å². The summed E-state index contributed by atoms with van der Waals surface area (Å²) in [6.07, 6.45) is 0.617. The van der Waals surface area contributed by atoms with Crippen molar-refractivity contribution in [2.45, 2.75) is 40.2 Å². The molecular weight excluding hydrogens is 218 g/mol. The van der Waals surface area contributed by atoms with Crippen molar-refractivity contribution in [3.8, 4) is 0 Å². The van der Waals surface area contributed by atoms with Crippen LogP contribution in [0.4, 0.5) is 0 Å². The lowest BCUT2D eigenvalue weighted by molar-refractivity contribution is -0.137. The molecule has 0 aromatic carbocycles. The van der Waals surface area contributed by atoms with Crippen molar-refractivity contribution < 1.29 is 9.59 Å². The molecule has 1 unspecified atom stereocenters. The first-order valence-corrected chi connectivity index (χ1v) is 6.06. The molecule has 5 nitrogen and oxygen atoms in total. The van der Waals surface area contributed by atoms with Crippen molar-refractivity contribution in [2.75, 3.05) is 13.1 Å². The highest BCUT2D eigenvalue weighted by Crippen LogP contribution is 2.07. The van der Waals surface area contributed by atoms with Crippen molar-refractivity contribution in [3.63, 3.8) is 0 Å². The van der Waals surface area contributed by atoms with Crippen LogP contribution < -0.4 is 11.5 Å². The van der Waals surface area contributed by atoms with Gasteiger partial charge in [0.2, 0.25) is 11.8 Å². The van der Waals surface area contributed by atoms with E-state index in [1.165, 1.54) is 4.90 Å². The molecule has 0 aromatic heterocycles. The van der Waals surface area contributed by atoms with Crippen molar-refractivity contribution >= 4 is 11.8 Å². The van der Waals surface area contributed by atoms with Crippen LogP contribution in [0.3, 0.4) is 0 Å². The van der Waals surface area contributed by atoms with Gasteiger partial charge in [0.15, 0.2) is 0 Å². The fourth-order valence-electron chi connectivity index (χ4n) is 1.70. The summed E-state index contributed by atoms with van der Waals surface area (Å²) in [6, 6.07) is -0.548. The van der Waals surface area contributed by atoms with E-state index in [1.54, 1.807) is 0 Å². The summed E-state index contributed by atoms with van der Waals surface area (Å²) in [7, 11) is 0. The Balaban J connectivity index is 4.55. The standard InChI is InChI=1S/C12H25N3O2/c1-8(2)5-10(13)12(17)15(6-9(3)4)7-11(14)16/h8-10H,5-7,13H2,1-4H3,(H2,14,16). The third kappa shape index (κ3) is 6.94. The van der Waals surface area contributed by atoms with E-state index in [4.69, 9.17) is 11.5 Å². The molecule has 0 fully saturated rings. The Labute approximate surface area is 104 Å². The number of carbonyl (C=O) groups excluding carboxylic acids is 2. The summed E-state index contributed by atoms with van der Waals surface area (Å²) >= 11 is 0. The summed E-state index contributed by atoms with van der Waals surface area (Å²) in [4.78, 5) is 24.4. The maximum atomic E-state index is 12.0. The third-order valence-corrected chi connectivity index (χ3v) is 2.29. The number of primary amides is 1. The third-order valence-electron chi connectivity index (χ3n) is 2.29. The lowest BCUT2D eigenvalue weighted by Crippen LogP contribution is -2.48.